The average Bonchev–Trinajstić information content (AvgIpc) is 2.45. The molecule has 1 atom stereocenters. The van der Waals surface area contributed by atoms with E-state index in [1.807, 2.05) is 24.3 Å². The molecule has 1 aliphatic heterocycles. The number of ether oxygens (including phenoxy) is 1. The van der Waals surface area contributed by atoms with Gasteiger partial charge < -0.3 is 15.4 Å². The van der Waals surface area contributed by atoms with Crippen LogP contribution < -0.4 is 5.73 Å². The molecule has 1 saturated heterocycles. The molecule has 3 nitrogen and oxygen atoms in total. The summed E-state index contributed by atoms with van der Waals surface area (Å²) < 4.78 is 5.39. The van der Waals surface area contributed by atoms with Gasteiger partial charge in [0.2, 0.25) is 0 Å². The molecule has 1 unspecified atom stereocenters. The molecule has 0 aliphatic carbocycles. The first-order valence-corrected chi connectivity index (χ1v) is 7.33. The number of hydrogen-bond donors (Lipinski definition) is 1. The van der Waals surface area contributed by atoms with Crippen LogP contribution in [0.15, 0.2) is 24.3 Å². The van der Waals surface area contributed by atoms with Crippen LogP contribution in [0.1, 0.15) is 30.9 Å². The molecule has 0 saturated carbocycles. The van der Waals surface area contributed by atoms with Gasteiger partial charge in [-0.25, -0.2) is 0 Å². The van der Waals surface area contributed by atoms with Gasteiger partial charge in [0.05, 0.1) is 0 Å². The number of nitrogens with zero attached hydrogens (tertiary/aromatic N) is 1. The van der Waals surface area contributed by atoms with Gasteiger partial charge in [0.1, 0.15) is 0 Å². The third kappa shape index (κ3) is 4.46. The van der Waals surface area contributed by atoms with Gasteiger partial charge in [-0.2, -0.15) is 0 Å². The van der Waals surface area contributed by atoms with Crippen molar-refractivity contribution in [3.63, 3.8) is 0 Å². The molecule has 4 heteroatoms. The van der Waals surface area contributed by atoms with Gasteiger partial charge >= 0.3 is 0 Å². The fraction of sp³-hybridized carbons (Fsp3) is 0.600. The predicted molar refractivity (Wildman–Crippen MR) is 79.5 cm³/mol. The summed E-state index contributed by atoms with van der Waals surface area (Å²) in [5.41, 5.74) is 7.35. The Morgan fingerprint density at radius 1 is 1.42 bits per heavy atom. The van der Waals surface area contributed by atoms with Gasteiger partial charge in [0.25, 0.3) is 0 Å². The standard InChI is InChI=1S/C15H23ClN2O/c1-18(14-6-9-19-10-7-14)8-5-15(17)12-3-2-4-13(16)11-12/h2-4,11,14-15H,5-10,17H2,1H3. The van der Waals surface area contributed by atoms with Gasteiger partial charge in [-0.05, 0) is 50.6 Å². The summed E-state index contributed by atoms with van der Waals surface area (Å²) in [5, 5.41) is 0.755. The zero-order chi connectivity index (χ0) is 13.7. The molecule has 1 aromatic rings. The molecule has 1 heterocycles. The van der Waals surface area contributed by atoms with Crippen LogP contribution in [0.2, 0.25) is 5.02 Å². The molecule has 1 fully saturated rings. The van der Waals surface area contributed by atoms with Crippen LogP contribution in [0.3, 0.4) is 0 Å². The Morgan fingerprint density at radius 2 is 2.16 bits per heavy atom. The number of rotatable bonds is 5. The highest BCUT2D eigenvalue weighted by molar-refractivity contribution is 6.30. The van der Waals surface area contributed by atoms with Crippen molar-refractivity contribution >= 4 is 11.6 Å². The van der Waals surface area contributed by atoms with Gasteiger partial charge in [-0.1, -0.05) is 23.7 Å². The van der Waals surface area contributed by atoms with E-state index >= 15 is 0 Å². The molecule has 0 aromatic heterocycles. The Balaban J connectivity index is 1.80. The highest BCUT2D eigenvalue weighted by Gasteiger charge is 2.18. The van der Waals surface area contributed by atoms with Crippen LogP contribution in [-0.2, 0) is 4.74 Å². The van der Waals surface area contributed by atoms with E-state index in [9.17, 15) is 0 Å². The van der Waals surface area contributed by atoms with Crippen molar-refractivity contribution in [3.05, 3.63) is 34.9 Å². The van der Waals surface area contributed by atoms with Crippen LogP contribution in [-0.4, -0.2) is 37.7 Å². The second kappa shape index (κ2) is 7.25. The Bertz CT molecular complexity index is 393. The van der Waals surface area contributed by atoms with Crippen molar-refractivity contribution in [3.8, 4) is 0 Å². The third-order valence-electron chi connectivity index (χ3n) is 3.88. The van der Waals surface area contributed by atoms with Crippen LogP contribution >= 0.6 is 11.6 Å². The molecular formula is C15H23ClN2O. The maximum Gasteiger partial charge on any atom is 0.0480 e. The average molecular weight is 283 g/mol. The lowest BCUT2D eigenvalue weighted by atomic mass is 10.0. The van der Waals surface area contributed by atoms with E-state index in [1.165, 1.54) is 0 Å². The second-order valence-electron chi connectivity index (χ2n) is 5.27. The highest BCUT2D eigenvalue weighted by Crippen LogP contribution is 2.20. The van der Waals surface area contributed by atoms with Crippen LogP contribution in [0.5, 0.6) is 0 Å². The fourth-order valence-electron chi connectivity index (χ4n) is 2.56. The first-order chi connectivity index (χ1) is 9.16. The quantitative estimate of drug-likeness (QED) is 0.902. The summed E-state index contributed by atoms with van der Waals surface area (Å²) in [5.74, 6) is 0. The van der Waals surface area contributed by atoms with Crippen molar-refractivity contribution in [2.45, 2.75) is 31.3 Å². The molecule has 1 aromatic carbocycles. The lowest BCUT2D eigenvalue weighted by Gasteiger charge is -2.31. The molecular weight excluding hydrogens is 260 g/mol. The normalized spacial score (nSPS) is 18.7. The Hall–Kier alpha value is -0.610. The Labute approximate surface area is 120 Å². The zero-order valence-electron chi connectivity index (χ0n) is 11.5. The first kappa shape index (κ1) is 14.8. The Kier molecular flexibility index (Phi) is 5.64. The van der Waals surface area contributed by atoms with Crippen molar-refractivity contribution < 1.29 is 4.74 Å². The van der Waals surface area contributed by atoms with Gasteiger partial charge in [0.15, 0.2) is 0 Å². The molecule has 0 bridgehead atoms. The molecule has 0 spiro atoms. The van der Waals surface area contributed by atoms with E-state index in [1.54, 1.807) is 0 Å². The smallest absolute Gasteiger partial charge is 0.0480 e. The predicted octanol–water partition coefficient (Wildman–Crippen LogP) is 2.84. The maximum atomic E-state index is 6.23. The molecule has 2 rings (SSSR count). The summed E-state index contributed by atoms with van der Waals surface area (Å²) in [6.07, 6.45) is 3.21. The van der Waals surface area contributed by atoms with E-state index in [0.29, 0.717) is 6.04 Å². The number of nitrogens with two attached hydrogens (primary N) is 1. The molecule has 106 valence electrons. The van der Waals surface area contributed by atoms with Gasteiger partial charge in [-0.15, -0.1) is 0 Å². The minimum atomic E-state index is 0.0565. The summed E-state index contributed by atoms with van der Waals surface area (Å²) in [6, 6.07) is 8.54. The van der Waals surface area contributed by atoms with Crippen LogP contribution in [0.4, 0.5) is 0 Å². The summed E-state index contributed by atoms with van der Waals surface area (Å²) in [7, 11) is 2.18. The largest absolute Gasteiger partial charge is 0.381 e. The van der Waals surface area contributed by atoms with Crippen molar-refractivity contribution in [2.75, 3.05) is 26.8 Å². The van der Waals surface area contributed by atoms with E-state index < -0.39 is 0 Å². The minimum Gasteiger partial charge on any atom is -0.381 e. The summed E-state index contributed by atoms with van der Waals surface area (Å²) >= 11 is 5.99. The topological polar surface area (TPSA) is 38.5 Å². The molecule has 2 N–H and O–H groups in total. The molecule has 19 heavy (non-hydrogen) atoms. The minimum absolute atomic E-state index is 0.0565. The monoisotopic (exact) mass is 282 g/mol. The van der Waals surface area contributed by atoms with E-state index in [4.69, 9.17) is 22.1 Å². The number of hydrogen-bond acceptors (Lipinski definition) is 3. The summed E-state index contributed by atoms with van der Waals surface area (Å²) in [4.78, 5) is 2.41. The van der Waals surface area contributed by atoms with Crippen LogP contribution in [0, 0.1) is 0 Å². The van der Waals surface area contributed by atoms with Crippen LogP contribution in [0.25, 0.3) is 0 Å². The molecule has 1 aliphatic rings. The third-order valence-corrected chi connectivity index (χ3v) is 4.12. The maximum absolute atomic E-state index is 6.23. The lowest BCUT2D eigenvalue weighted by Crippen LogP contribution is -2.38. The second-order valence-corrected chi connectivity index (χ2v) is 5.71. The fourth-order valence-corrected chi connectivity index (χ4v) is 2.75. The first-order valence-electron chi connectivity index (χ1n) is 6.96. The molecule has 0 amide bonds. The van der Waals surface area contributed by atoms with Crippen molar-refractivity contribution in [2.24, 2.45) is 5.73 Å². The lowest BCUT2D eigenvalue weighted by molar-refractivity contribution is 0.0422. The Morgan fingerprint density at radius 3 is 2.84 bits per heavy atom. The van der Waals surface area contributed by atoms with Crippen molar-refractivity contribution in [1.29, 1.82) is 0 Å². The summed E-state index contributed by atoms with van der Waals surface area (Å²) in [6.45, 7) is 2.78. The number of benzene rings is 1. The van der Waals surface area contributed by atoms with Gasteiger partial charge in [-0.3, -0.25) is 0 Å². The van der Waals surface area contributed by atoms with E-state index in [0.717, 1.165) is 49.6 Å². The number of halogens is 1. The highest BCUT2D eigenvalue weighted by atomic mass is 35.5. The van der Waals surface area contributed by atoms with E-state index in [-0.39, 0.29) is 6.04 Å². The zero-order valence-corrected chi connectivity index (χ0v) is 12.3. The van der Waals surface area contributed by atoms with Crippen molar-refractivity contribution in [1.82, 2.24) is 4.90 Å². The van der Waals surface area contributed by atoms with Gasteiger partial charge in [0, 0.05) is 30.3 Å². The SMILES string of the molecule is CN(CCC(N)c1cccc(Cl)c1)C1CCOCC1. The molecule has 0 radical (unpaired) electrons. The van der Waals surface area contributed by atoms with E-state index in [2.05, 4.69) is 11.9 Å².